The van der Waals surface area contributed by atoms with Crippen LogP contribution in [0.25, 0.3) is 17.0 Å². The van der Waals surface area contributed by atoms with Crippen LogP contribution in [0.1, 0.15) is 23.7 Å². The number of aliphatic hydroxyl groups is 1. The summed E-state index contributed by atoms with van der Waals surface area (Å²) in [4.78, 5) is 16.3. The zero-order chi connectivity index (χ0) is 17.5. The number of aliphatic hydroxyl groups excluding tert-OH is 1. The van der Waals surface area contributed by atoms with Gasteiger partial charge in [0.25, 0.3) is 0 Å². The highest BCUT2D eigenvalue weighted by Crippen LogP contribution is 2.17. The Morgan fingerprint density at radius 1 is 1.08 bits per heavy atom. The van der Waals surface area contributed by atoms with Gasteiger partial charge < -0.3 is 10.4 Å². The third-order valence-electron chi connectivity index (χ3n) is 3.98. The summed E-state index contributed by atoms with van der Waals surface area (Å²) in [6, 6.07) is 19.2. The van der Waals surface area contributed by atoms with Crippen LogP contribution < -0.4 is 5.32 Å². The molecule has 1 heterocycles. The molecule has 0 saturated carbocycles. The maximum Gasteiger partial charge on any atom is 0.244 e. The van der Waals surface area contributed by atoms with E-state index in [4.69, 9.17) is 0 Å². The number of aromatic nitrogens is 1. The predicted molar refractivity (Wildman–Crippen MR) is 99.8 cm³/mol. The first-order valence-corrected chi connectivity index (χ1v) is 8.27. The van der Waals surface area contributed by atoms with E-state index in [0.717, 1.165) is 22.0 Å². The molecule has 3 aromatic rings. The number of amides is 1. The molecule has 1 unspecified atom stereocenters. The third-order valence-corrected chi connectivity index (χ3v) is 3.98. The van der Waals surface area contributed by atoms with Crippen molar-refractivity contribution in [3.63, 3.8) is 0 Å². The summed E-state index contributed by atoms with van der Waals surface area (Å²) >= 11 is 0. The number of hydrogen-bond donors (Lipinski definition) is 2. The lowest BCUT2D eigenvalue weighted by atomic mass is 10.1. The Labute approximate surface area is 146 Å². The maximum atomic E-state index is 12.0. The van der Waals surface area contributed by atoms with Crippen molar-refractivity contribution in [2.24, 2.45) is 0 Å². The van der Waals surface area contributed by atoms with Gasteiger partial charge in [0.2, 0.25) is 5.91 Å². The highest BCUT2D eigenvalue weighted by Gasteiger charge is 2.07. The average Bonchev–Trinajstić information content (AvgIpc) is 2.67. The summed E-state index contributed by atoms with van der Waals surface area (Å²) in [5.74, 6) is -0.187. The van der Waals surface area contributed by atoms with Crippen molar-refractivity contribution >= 4 is 22.9 Å². The summed E-state index contributed by atoms with van der Waals surface area (Å²) < 4.78 is 0. The minimum absolute atomic E-state index is 0.187. The summed E-state index contributed by atoms with van der Waals surface area (Å²) in [5.41, 5.74) is 2.63. The molecule has 1 amide bonds. The van der Waals surface area contributed by atoms with E-state index < -0.39 is 6.10 Å². The number of hydrogen-bond acceptors (Lipinski definition) is 3. The quantitative estimate of drug-likeness (QED) is 0.679. The van der Waals surface area contributed by atoms with Gasteiger partial charge in [-0.25, -0.2) is 0 Å². The molecule has 1 atom stereocenters. The van der Waals surface area contributed by atoms with E-state index in [-0.39, 0.29) is 5.91 Å². The number of benzene rings is 2. The molecule has 1 aromatic heterocycles. The van der Waals surface area contributed by atoms with Gasteiger partial charge in [0.15, 0.2) is 0 Å². The number of rotatable bonds is 6. The van der Waals surface area contributed by atoms with Crippen LogP contribution in [0.15, 0.2) is 72.9 Å². The predicted octanol–water partition coefficient (Wildman–Crippen LogP) is 3.49. The fraction of sp³-hybridized carbons (Fsp3) is 0.143. The van der Waals surface area contributed by atoms with Crippen LogP contribution in [0.3, 0.4) is 0 Å². The van der Waals surface area contributed by atoms with Crippen LogP contribution in [-0.4, -0.2) is 22.5 Å². The van der Waals surface area contributed by atoms with Crippen LogP contribution in [0.2, 0.25) is 0 Å². The fourth-order valence-electron chi connectivity index (χ4n) is 2.66. The Morgan fingerprint density at radius 3 is 2.72 bits per heavy atom. The summed E-state index contributed by atoms with van der Waals surface area (Å²) in [5, 5.41) is 13.9. The second-order valence-corrected chi connectivity index (χ2v) is 5.76. The molecule has 0 radical (unpaired) electrons. The van der Waals surface area contributed by atoms with Gasteiger partial charge in [0.1, 0.15) is 0 Å². The van der Waals surface area contributed by atoms with Gasteiger partial charge >= 0.3 is 0 Å². The van der Waals surface area contributed by atoms with Crippen molar-refractivity contribution in [1.29, 1.82) is 0 Å². The zero-order valence-corrected chi connectivity index (χ0v) is 13.8. The van der Waals surface area contributed by atoms with Crippen LogP contribution in [0, 0.1) is 0 Å². The summed E-state index contributed by atoms with van der Waals surface area (Å²) in [7, 11) is 0. The van der Waals surface area contributed by atoms with Gasteiger partial charge in [-0.3, -0.25) is 9.78 Å². The largest absolute Gasteiger partial charge is 0.388 e. The lowest BCUT2D eigenvalue weighted by Crippen LogP contribution is -2.23. The van der Waals surface area contributed by atoms with E-state index in [0.29, 0.717) is 13.0 Å². The third kappa shape index (κ3) is 4.52. The van der Waals surface area contributed by atoms with Crippen molar-refractivity contribution in [2.75, 3.05) is 6.54 Å². The van der Waals surface area contributed by atoms with Crippen LogP contribution in [-0.2, 0) is 4.79 Å². The molecule has 126 valence electrons. The Kier molecular flexibility index (Phi) is 5.54. The van der Waals surface area contributed by atoms with Crippen molar-refractivity contribution < 1.29 is 9.90 Å². The summed E-state index contributed by atoms with van der Waals surface area (Å²) in [6.07, 6.45) is 4.90. The number of fused-ring (bicyclic) bond motifs is 1. The molecule has 0 bridgehead atoms. The Morgan fingerprint density at radius 2 is 1.88 bits per heavy atom. The Balaban J connectivity index is 1.54. The van der Waals surface area contributed by atoms with Crippen molar-refractivity contribution in [3.8, 4) is 0 Å². The van der Waals surface area contributed by atoms with Crippen molar-refractivity contribution in [1.82, 2.24) is 10.3 Å². The van der Waals surface area contributed by atoms with Gasteiger partial charge in [-0.15, -0.1) is 0 Å². The second kappa shape index (κ2) is 8.22. The Hall–Kier alpha value is -2.98. The monoisotopic (exact) mass is 332 g/mol. The minimum Gasteiger partial charge on any atom is -0.388 e. The van der Waals surface area contributed by atoms with Crippen LogP contribution in [0.5, 0.6) is 0 Å². The molecule has 4 heteroatoms. The highest BCUT2D eigenvalue weighted by molar-refractivity contribution is 5.95. The molecule has 2 aromatic carbocycles. The normalized spacial score (nSPS) is 12.4. The topological polar surface area (TPSA) is 62.2 Å². The molecule has 0 saturated heterocycles. The molecule has 0 aliphatic carbocycles. The van der Waals surface area contributed by atoms with E-state index in [1.54, 1.807) is 12.3 Å². The number of para-hydroxylation sites is 1. The van der Waals surface area contributed by atoms with Gasteiger partial charge in [0, 0.05) is 29.8 Å². The first kappa shape index (κ1) is 16.9. The molecular weight excluding hydrogens is 312 g/mol. The van der Waals surface area contributed by atoms with Crippen molar-refractivity contribution in [3.05, 3.63) is 84.1 Å². The average molecular weight is 332 g/mol. The van der Waals surface area contributed by atoms with Crippen molar-refractivity contribution in [2.45, 2.75) is 12.5 Å². The summed E-state index contributed by atoms with van der Waals surface area (Å²) in [6.45, 7) is 0.410. The maximum absolute atomic E-state index is 12.0. The van der Waals surface area contributed by atoms with E-state index in [9.17, 15) is 9.90 Å². The molecule has 0 aliphatic rings. The number of carbonyl (C=O) groups excluding carboxylic acids is 1. The first-order chi connectivity index (χ1) is 12.2. The van der Waals surface area contributed by atoms with Gasteiger partial charge in [0.05, 0.1) is 11.6 Å². The fourth-order valence-corrected chi connectivity index (χ4v) is 2.66. The first-order valence-electron chi connectivity index (χ1n) is 8.27. The molecule has 3 rings (SSSR count). The van der Waals surface area contributed by atoms with E-state index in [1.165, 1.54) is 6.08 Å². The molecular formula is C21H20N2O2. The van der Waals surface area contributed by atoms with Crippen LogP contribution in [0.4, 0.5) is 0 Å². The number of pyridine rings is 1. The standard InChI is InChI=1S/C21H20N2O2/c24-19(16-6-2-1-3-7-16)13-15-22-20(25)12-11-18-9-4-8-17-10-5-14-23-21(17)18/h1-12,14,19,24H,13,15H2,(H,22,25). The van der Waals surface area contributed by atoms with Gasteiger partial charge in [-0.05, 0) is 24.1 Å². The molecule has 0 fully saturated rings. The number of nitrogens with one attached hydrogen (secondary N) is 1. The van der Waals surface area contributed by atoms with E-state index >= 15 is 0 Å². The SMILES string of the molecule is O=C(C=Cc1cccc2cccnc12)NCCC(O)c1ccccc1. The minimum atomic E-state index is -0.576. The number of nitrogens with zero attached hydrogens (tertiary/aromatic N) is 1. The van der Waals surface area contributed by atoms with E-state index in [2.05, 4.69) is 10.3 Å². The second-order valence-electron chi connectivity index (χ2n) is 5.76. The zero-order valence-electron chi connectivity index (χ0n) is 13.8. The molecule has 0 spiro atoms. The van der Waals surface area contributed by atoms with Gasteiger partial charge in [-0.2, -0.15) is 0 Å². The molecule has 2 N–H and O–H groups in total. The highest BCUT2D eigenvalue weighted by atomic mass is 16.3. The Bertz CT molecular complexity index is 870. The lowest BCUT2D eigenvalue weighted by molar-refractivity contribution is -0.116. The lowest BCUT2D eigenvalue weighted by Gasteiger charge is -2.10. The molecule has 25 heavy (non-hydrogen) atoms. The van der Waals surface area contributed by atoms with Gasteiger partial charge in [-0.1, -0.05) is 54.6 Å². The van der Waals surface area contributed by atoms with Crippen LogP contribution >= 0.6 is 0 Å². The number of carbonyl (C=O) groups is 1. The van der Waals surface area contributed by atoms with E-state index in [1.807, 2.05) is 60.7 Å². The smallest absolute Gasteiger partial charge is 0.244 e. The molecule has 4 nitrogen and oxygen atoms in total. The molecule has 0 aliphatic heterocycles.